The molecule has 0 unspecified atom stereocenters. The summed E-state index contributed by atoms with van der Waals surface area (Å²) in [6, 6.07) is 0. The molecule has 98 valence electrons. The van der Waals surface area contributed by atoms with Crippen molar-refractivity contribution in [2.75, 3.05) is 13.1 Å². The number of amides is 1. The molecule has 0 aliphatic heterocycles. The van der Waals surface area contributed by atoms with Crippen LogP contribution in [-0.4, -0.2) is 35.5 Å². The molecule has 0 spiro atoms. The maximum Gasteiger partial charge on any atom is 0.410 e. The zero-order valence-electron chi connectivity index (χ0n) is 11.3. The van der Waals surface area contributed by atoms with Crippen molar-refractivity contribution in [2.24, 2.45) is 5.92 Å². The van der Waals surface area contributed by atoms with Gasteiger partial charge in [-0.2, -0.15) is 0 Å². The molecule has 0 atom stereocenters. The average Bonchev–Trinajstić information content (AvgIpc) is 2.07. The van der Waals surface area contributed by atoms with Crippen LogP contribution in [0.1, 0.15) is 47.0 Å². The zero-order chi connectivity index (χ0) is 13.1. The minimum Gasteiger partial charge on any atom is -0.444 e. The van der Waals surface area contributed by atoms with E-state index in [0.717, 1.165) is 19.3 Å². The molecule has 1 amide bonds. The first-order valence-electron chi connectivity index (χ1n) is 6.34. The van der Waals surface area contributed by atoms with E-state index in [1.54, 1.807) is 0 Å². The molecule has 4 heteroatoms. The Balaban J connectivity index is 2.46. The van der Waals surface area contributed by atoms with Crippen molar-refractivity contribution in [3.63, 3.8) is 0 Å². The second-order valence-electron chi connectivity index (χ2n) is 5.59. The predicted octanol–water partition coefficient (Wildman–Crippen LogP) is 2.61. The highest BCUT2D eigenvalue weighted by molar-refractivity contribution is 5.86. The Bertz CT molecular complexity index is 290. The van der Waals surface area contributed by atoms with Gasteiger partial charge >= 0.3 is 6.09 Å². The molecule has 0 heterocycles. The molecule has 1 saturated carbocycles. The Labute approximate surface area is 103 Å². The fourth-order valence-corrected chi connectivity index (χ4v) is 1.68. The summed E-state index contributed by atoms with van der Waals surface area (Å²) in [5.41, 5.74) is -0.510. The lowest BCUT2D eigenvalue weighted by molar-refractivity contribution is -0.126. The van der Waals surface area contributed by atoms with Crippen LogP contribution in [0.15, 0.2) is 0 Å². The number of hydrogen-bond acceptors (Lipinski definition) is 3. The zero-order valence-corrected chi connectivity index (χ0v) is 11.3. The number of ether oxygens (including phenoxy) is 1. The van der Waals surface area contributed by atoms with Gasteiger partial charge in [-0.15, -0.1) is 0 Å². The van der Waals surface area contributed by atoms with Crippen LogP contribution in [0.4, 0.5) is 4.79 Å². The van der Waals surface area contributed by atoms with E-state index in [9.17, 15) is 9.59 Å². The van der Waals surface area contributed by atoms with E-state index in [1.165, 1.54) is 4.90 Å². The van der Waals surface area contributed by atoms with Crippen LogP contribution < -0.4 is 0 Å². The highest BCUT2D eigenvalue weighted by Crippen LogP contribution is 2.27. The number of ketones is 1. The van der Waals surface area contributed by atoms with Crippen molar-refractivity contribution in [3.8, 4) is 0 Å². The van der Waals surface area contributed by atoms with Crippen LogP contribution in [0.5, 0.6) is 0 Å². The number of nitrogens with zero attached hydrogens (tertiary/aromatic N) is 1. The third-order valence-electron chi connectivity index (χ3n) is 2.94. The van der Waals surface area contributed by atoms with Gasteiger partial charge in [-0.3, -0.25) is 4.79 Å². The largest absolute Gasteiger partial charge is 0.444 e. The maximum atomic E-state index is 11.8. The highest BCUT2D eigenvalue weighted by Gasteiger charge is 2.29. The summed E-state index contributed by atoms with van der Waals surface area (Å²) in [5.74, 6) is 0.343. The summed E-state index contributed by atoms with van der Waals surface area (Å²) < 4.78 is 5.26. The molecular formula is C13H23NO3. The Morgan fingerprint density at radius 2 is 1.88 bits per heavy atom. The van der Waals surface area contributed by atoms with Gasteiger partial charge in [0.05, 0.1) is 6.54 Å². The molecule has 1 aliphatic rings. The van der Waals surface area contributed by atoms with Crippen LogP contribution in [0.3, 0.4) is 0 Å². The Morgan fingerprint density at radius 3 is 2.24 bits per heavy atom. The summed E-state index contributed by atoms with van der Waals surface area (Å²) in [6.45, 7) is 8.03. The fraction of sp³-hybridized carbons (Fsp3) is 0.846. The lowest BCUT2D eigenvalue weighted by atomic mass is 9.82. The first kappa shape index (κ1) is 14.0. The van der Waals surface area contributed by atoms with Crippen LogP contribution in [0.2, 0.25) is 0 Å². The number of carbonyl (C=O) groups is 2. The molecule has 0 radical (unpaired) electrons. The van der Waals surface area contributed by atoms with E-state index in [2.05, 4.69) is 0 Å². The molecule has 0 bridgehead atoms. The first-order chi connectivity index (χ1) is 7.83. The maximum absolute atomic E-state index is 11.8. The van der Waals surface area contributed by atoms with E-state index in [0.29, 0.717) is 6.54 Å². The number of likely N-dealkylation sites (N-methyl/N-ethyl adjacent to an activating group) is 1. The SMILES string of the molecule is CCN(CC(=O)C1CCC1)C(=O)OC(C)(C)C. The van der Waals surface area contributed by atoms with Crippen molar-refractivity contribution in [2.45, 2.75) is 52.6 Å². The number of hydrogen-bond donors (Lipinski definition) is 0. The monoisotopic (exact) mass is 241 g/mol. The van der Waals surface area contributed by atoms with Gasteiger partial charge in [0.2, 0.25) is 0 Å². The number of rotatable bonds is 4. The van der Waals surface area contributed by atoms with Crippen molar-refractivity contribution in [3.05, 3.63) is 0 Å². The summed E-state index contributed by atoms with van der Waals surface area (Å²) in [4.78, 5) is 25.1. The minimum atomic E-state index is -0.510. The first-order valence-corrected chi connectivity index (χ1v) is 6.34. The summed E-state index contributed by atoms with van der Waals surface area (Å²) in [7, 11) is 0. The predicted molar refractivity (Wildman–Crippen MR) is 65.8 cm³/mol. The Morgan fingerprint density at radius 1 is 1.29 bits per heavy atom. The van der Waals surface area contributed by atoms with E-state index in [1.807, 2.05) is 27.7 Å². The third-order valence-corrected chi connectivity index (χ3v) is 2.94. The molecule has 0 aromatic rings. The summed E-state index contributed by atoms with van der Waals surface area (Å²) >= 11 is 0. The molecular weight excluding hydrogens is 218 g/mol. The molecule has 0 aromatic heterocycles. The number of carbonyl (C=O) groups excluding carboxylic acids is 2. The topological polar surface area (TPSA) is 46.6 Å². The van der Waals surface area contributed by atoms with Gasteiger partial charge in [-0.1, -0.05) is 6.42 Å². The van der Waals surface area contributed by atoms with Gasteiger partial charge in [0.1, 0.15) is 5.60 Å². The molecule has 0 aromatic carbocycles. The van der Waals surface area contributed by atoms with E-state index >= 15 is 0 Å². The van der Waals surface area contributed by atoms with Crippen LogP contribution in [0.25, 0.3) is 0 Å². The second-order valence-corrected chi connectivity index (χ2v) is 5.59. The molecule has 1 aliphatic carbocycles. The molecule has 4 nitrogen and oxygen atoms in total. The second kappa shape index (κ2) is 5.52. The van der Waals surface area contributed by atoms with Crippen LogP contribution >= 0.6 is 0 Å². The number of Topliss-reactive ketones (excluding diaryl/α,β-unsaturated/α-hetero) is 1. The molecule has 1 rings (SSSR count). The summed E-state index contributed by atoms with van der Waals surface area (Å²) in [5, 5.41) is 0. The fourth-order valence-electron chi connectivity index (χ4n) is 1.68. The van der Waals surface area contributed by atoms with Gasteiger partial charge in [0, 0.05) is 12.5 Å². The minimum absolute atomic E-state index is 0.170. The molecule has 0 N–H and O–H groups in total. The van der Waals surface area contributed by atoms with Crippen molar-refractivity contribution in [1.29, 1.82) is 0 Å². The van der Waals surface area contributed by atoms with Gasteiger partial charge in [0.25, 0.3) is 0 Å². The molecule has 0 saturated heterocycles. The smallest absolute Gasteiger partial charge is 0.410 e. The highest BCUT2D eigenvalue weighted by atomic mass is 16.6. The van der Waals surface area contributed by atoms with Crippen molar-refractivity contribution >= 4 is 11.9 Å². The van der Waals surface area contributed by atoms with Crippen LogP contribution in [0, 0.1) is 5.92 Å². The van der Waals surface area contributed by atoms with Crippen molar-refractivity contribution in [1.82, 2.24) is 4.90 Å². The quantitative estimate of drug-likeness (QED) is 0.760. The van der Waals surface area contributed by atoms with Gasteiger partial charge in [-0.25, -0.2) is 4.79 Å². The molecule has 17 heavy (non-hydrogen) atoms. The third kappa shape index (κ3) is 4.36. The lowest BCUT2D eigenvalue weighted by Gasteiger charge is -2.29. The normalized spacial score (nSPS) is 16.2. The van der Waals surface area contributed by atoms with Gasteiger partial charge in [0.15, 0.2) is 5.78 Å². The Kier molecular flexibility index (Phi) is 4.54. The van der Waals surface area contributed by atoms with E-state index in [-0.39, 0.29) is 18.2 Å². The van der Waals surface area contributed by atoms with Crippen molar-refractivity contribution < 1.29 is 14.3 Å². The average molecular weight is 241 g/mol. The van der Waals surface area contributed by atoms with Gasteiger partial charge < -0.3 is 9.64 Å². The summed E-state index contributed by atoms with van der Waals surface area (Å²) in [6.07, 6.45) is 2.69. The van der Waals surface area contributed by atoms with E-state index < -0.39 is 11.7 Å². The molecule has 1 fully saturated rings. The standard InChI is InChI=1S/C13H23NO3/c1-5-14(12(16)17-13(2,3)4)9-11(15)10-7-6-8-10/h10H,5-9H2,1-4H3. The van der Waals surface area contributed by atoms with Crippen LogP contribution in [-0.2, 0) is 9.53 Å². The van der Waals surface area contributed by atoms with Gasteiger partial charge in [-0.05, 0) is 40.5 Å². The van der Waals surface area contributed by atoms with E-state index in [4.69, 9.17) is 4.74 Å². The Hall–Kier alpha value is -1.06. The lowest BCUT2D eigenvalue weighted by Crippen LogP contribution is -2.42.